The fraction of sp³-hybridized carbons (Fsp3) is 1.00. The third kappa shape index (κ3) is 5.01. The Hall–Kier alpha value is -0.120. The number of hydrogen-bond donors (Lipinski definition) is 1. The zero-order chi connectivity index (χ0) is 14.3. The molecule has 2 rings (SSSR count). The fourth-order valence-electron chi connectivity index (χ4n) is 4.03. The molecule has 1 unspecified atom stereocenters. The molecular formula is C17H34N2O. The van der Waals surface area contributed by atoms with Crippen molar-refractivity contribution < 1.29 is 4.74 Å². The Bertz CT molecular complexity index is 258. The number of nitrogens with zero attached hydrogens (tertiary/aromatic N) is 1. The van der Waals surface area contributed by atoms with Gasteiger partial charge in [-0.05, 0) is 51.6 Å². The molecule has 20 heavy (non-hydrogen) atoms. The highest BCUT2D eigenvalue weighted by Gasteiger charge is 2.34. The molecule has 0 amide bonds. The maximum absolute atomic E-state index is 5.82. The smallest absolute Gasteiger partial charge is 0.0546 e. The summed E-state index contributed by atoms with van der Waals surface area (Å²) in [6.07, 6.45) is 9.55. The van der Waals surface area contributed by atoms with E-state index >= 15 is 0 Å². The SMILES string of the molecule is CCCNCC1(CN(C)CC2CCCC2)CCCOC1. The van der Waals surface area contributed by atoms with Crippen molar-refractivity contribution in [3.8, 4) is 0 Å². The summed E-state index contributed by atoms with van der Waals surface area (Å²) in [7, 11) is 2.31. The summed E-state index contributed by atoms with van der Waals surface area (Å²) in [5, 5.41) is 3.64. The molecule has 3 nitrogen and oxygen atoms in total. The molecule has 0 radical (unpaired) electrons. The van der Waals surface area contributed by atoms with Crippen molar-refractivity contribution in [1.29, 1.82) is 0 Å². The third-order valence-corrected chi connectivity index (χ3v) is 4.98. The van der Waals surface area contributed by atoms with Gasteiger partial charge in [-0.25, -0.2) is 0 Å². The minimum absolute atomic E-state index is 0.348. The van der Waals surface area contributed by atoms with Crippen LogP contribution in [0.4, 0.5) is 0 Å². The van der Waals surface area contributed by atoms with Crippen molar-refractivity contribution in [3.63, 3.8) is 0 Å². The van der Waals surface area contributed by atoms with E-state index in [-0.39, 0.29) is 0 Å². The highest BCUT2D eigenvalue weighted by Crippen LogP contribution is 2.31. The van der Waals surface area contributed by atoms with Crippen molar-refractivity contribution >= 4 is 0 Å². The first-order chi connectivity index (χ1) is 9.74. The molecular weight excluding hydrogens is 248 g/mol. The number of ether oxygens (including phenoxy) is 1. The van der Waals surface area contributed by atoms with Crippen molar-refractivity contribution in [2.45, 2.75) is 51.9 Å². The standard InChI is InChI=1S/C17H34N2O/c1-3-10-18-13-17(9-6-11-20-15-17)14-19(2)12-16-7-4-5-8-16/h16,18H,3-15H2,1-2H3. The van der Waals surface area contributed by atoms with Gasteiger partial charge < -0.3 is 15.0 Å². The van der Waals surface area contributed by atoms with Gasteiger partial charge in [0.25, 0.3) is 0 Å². The lowest BCUT2D eigenvalue weighted by Crippen LogP contribution is -2.49. The maximum Gasteiger partial charge on any atom is 0.0546 e. The van der Waals surface area contributed by atoms with E-state index in [0.29, 0.717) is 5.41 Å². The summed E-state index contributed by atoms with van der Waals surface area (Å²) < 4.78 is 5.82. The van der Waals surface area contributed by atoms with Crippen molar-refractivity contribution in [2.24, 2.45) is 11.3 Å². The molecule has 2 aliphatic rings. The van der Waals surface area contributed by atoms with E-state index in [1.165, 1.54) is 58.0 Å². The van der Waals surface area contributed by atoms with E-state index in [1.807, 2.05) is 0 Å². The summed E-state index contributed by atoms with van der Waals surface area (Å²) in [6, 6.07) is 0. The van der Waals surface area contributed by atoms with Crippen molar-refractivity contribution in [2.75, 3.05) is 46.4 Å². The van der Waals surface area contributed by atoms with Crippen LogP contribution in [0, 0.1) is 11.3 Å². The van der Waals surface area contributed by atoms with E-state index in [9.17, 15) is 0 Å². The predicted molar refractivity (Wildman–Crippen MR) is 85.1 cm³/mol. The molecule has 0 bridgehead atoms. The first kappa shape index (κ1) is 16.3. The second kappa shape index (κ2) is 8.35. The number of nitrogens with one attached hydrogen (secondary N) is 1. The normalized spacial score (nSPS) is 28.4. The van der Waals surface area contributed by atoms with E-state index in [1.54, 1.807) is 0 Å². The summed E-state index contributed by atoms with van der Waals surface area (Å²) in [5.74, 6) is 0.949. The molecule has 1 N–H and O–H groups in total. The van der Waals surface area contributed by atoms with Gasteiger partial charge in [-0.15, -0.1) is 0 Å². The van der Waals surface area contributed by atoms with E-state index in [2.05, 4.69) is 24.2 Å². The van der Waals surface area contributed by atoms with Crippen LogP contribution in [0.15, 0.2) is 0 Å². The Balaban J connectivity index is 1.81. The van der Waals surface area contributed by atoms with Crippen molar-refractivity contribution in [1.82, 2.24) is 10.2 Å². The van der Waals surface area contributed by atoms with Gasteiger partial charge in [-0.2, -0.15) is 0 Å². The molecule has 1 aliphatic heterocycles. The third-order valence-electron chi connectivity index (χ3n) is 4.98. The summed E-state index contributed by atoms with van der Waals surface area (Å²) in [4.78, 5) is 2.58. The largest absolute Gasteiger partial charge is 0.381 e. The lowest BCUT2D eigenvalue weighted by Gasteiger charge is -2.40. The van der Waals surface area contributed by atoms with Gasteiger partial charge in [0.1, 0.15) is 0 Å². The van der Waals surface area contributed by atoms with Crippen LogP contribution in [0.1, 0.15) is 51.9 Å². The van der Waals surface area contributed by atoms with Gasteiger partial charge in [0.05, 0.1) is 6.61 Å². The van der Waals surface area contributed by atoms with Crippen LogP contribution in [0.25, 0.3) is 0 Å². The maximum atomic E-state index is 5.82. The highest BCUT2D eigenvalue weighted by atomic mass is 16.5. The Morgan fingerprint density at radius 1 is 1.25 bits per heavy atom. The van der Waals surface area contributed by atoms with E-state index < -0.39 is 0 Å². The van der Waals surface area contributed by atoms with Crippen LogP contribution in [0.5, 0.6) is 0 Å². The second-order valence-electron chi connectivity index (χ2n) is 7.18. The van der Waals surface area contributed by atoms with Gasteiger partial charge in [-0.1, -0.05) is 19.8 Å². The van der Waals surface area contributed by atoms with Gasteiger partial charge in [-0.3, -0.25) is 0 Å². The molecule has 2 fully saturated rings. The van der Waals surface area contributed by atoms with Crippen molar-refractivity contribution in [3.05, 3.63) is 0 Å². The van der Waals surface area contributed by atoms with Crippen LogP contribution in [-0.4, -0.2) is 51.3 Å². The molecule has 0 aromatic carbocycles. The summed E-state index contributed by atoms with van der Waals surface area (Å²) in [5.41, 5.74) is 0.348. The fourth-order valence-corrected chi connectivity index (χ4v) is 4.03. The first-order valence-corrected chi connectivity index (χ1v) is 8.71. The molecule has 1 atom stereocenters. The lowest BCUT2D eigenvalue weighted by atomic mass is 9.81. The topological polar surface area (TPSA) is 24.5 Å². The summed E-state index contributed by atoms with van der Waals surface area (Å²) >= 11 is 0. The molecule has 1 aliphatic carbocycles. The van der Waals surface area contributed by atoms with Gasteiger partial charge in [0.2, 0.25) is 0 Å². The molecule has 3 heteroatoms. The molecule has 118 valence electrons. The quantitative estimate of drug-likeness (QED) is 0.693. The second-order valence-corrected chi connectivity index (χ2v) is 7.18. The Labute approximate surface area is 125 Å². The Morgan fingerprint density at radius 3 is 2.70 bits per heavy atom. The average molecular weight is 282 g/mol. The zero-order valence-electron chi connectivity index (χ0n) is 13.6. The van der Waals surface area contributed by atoms with Crippen LogP contribution in [0.2, 0.25) is 0 Å². The lowest BCUT2D eigenvalue weighted by molar-refractivity contribution is -0.0241. The zero-order valence-corrected chi connectivity index (χ0v) is 13.6. The Morgan fingerprint density at radius 2 is 2.05 bits per heavy atom. The molecule has 1 saturated carbocycles. The first-order valence-electron chi connectivity index (χ1n) is 8.71. The van der Waals surface area contributed by atoms with Gasteiger partial charge in [0.15, 0.2) is 0 Å². The van der Waals surface area contributed by atoms with E-state index in [0.717, 1.165) is 32.2 Å². The van der Waals surface area contributed by atoms with Gasteiger partial charge >= 0.3 is 0 Å². The molecule has 0 aromatic rings. The van der Waals surface area contributed by atoms with Crippen LogP contribution in [0.3, 0.4) is 0 Å². The molecule has 0 spiro atoms. The van der Waals surface area contributed by atoms with Crippen LogP contribution < -0.4 is 5.32 Å². The molecule has 1 saturated heterocycles. The summed E-state index contributed by atoms with van der Waals surface area (Å²) in [6.45, 7) is 8.88. The minimum Gasteiger partial charge on any atom is -0.381 e. The molecule has 0 aromatic heterocycles. The Kier molecular flexibility index (Phi) is 6.79. The number of rotatable bonds is 8. The minimum atomic E-state index is 0.348. The highest BCUT2D eigenvalue weighted by molar-refractivity contribution is 4.87. The molecule has 1 heterocycles. The van der Waals surface area contributed by atoms with Crippen LogP contribution in [-0.2, 0) is 4.74 Å². The average Bonchev–Trinajstić information content (AvgIpc) is 2.92. The van der Waals surface area contributed by atoms with E-state index in [4.69, 9.17) is 4.74 Å². The number of hydrogen-bond acceptors (Lipinski definition) is 3. The van der Waals surface area contributed by atoms with Crippen LogP contribution >= 0.6 is 0 Å². The monoisotopic (exact) mass is 282 g/mol. The predicted octanol–water partition coefficient (Wildman–Crippen LogP) is 2.90. The van der Waals surface area contributed by atoms with Gasteiger partial charge in [0, 0.05) is 31.7 Å².